The van der Waals surface area contributed by atoms with E-state index in [1.807, 2.05) is 43.5 Å². The number of aryl methyl sites for hydroxylation is 2. The van der Waals surface area contributed by atoms with Crippen LogP contribution in [0.15, 0.2) is 41.9 Å². The predicted octanol–water partition coefficient (Wildman–Crippen LogP) is 5.34. The Morgan fingerprint density at radius 3 is 2.82 bits per heavy atom. The second kappa shape index (κ2) is 6.34. The Morgan fingerprint density at radius 1 is 1.18 bits per heavy atom. The van der Waals surface area contributed by atoms with Crippen LogP contribution in [0.2, 0.25) is 5.02 Å². The molecule has 22 heavy (non-hydrogen) atoms. The van der Waals surface area contributed by atoms with Crippen molar-refractivity contribution in [2.24, 2.45) is 0 Å². The minimum Gasteiger partial charge on any atom is -0.456 e. The van der Waals surface area contributed by atoms with E-state index < -0.39 is 0 Å². The molecule has 4 nitrogen and oxygen atoms in total. The van der Waals surface area contributed by atoms with Crippen LogP contribution >= 0.6 is 22.9 Å². The van der Waals surface area contributed by atoms with Crippen LogP contribution < -0.4 is 10.1 Å². The van der Waals surface area contributed by atoms with Gasteiger partial charge in [-0.3, -0.25) is 0 Å². The maximum atomic E-state index is 6.15. The highest BCUT2D eigenvalue weighted by atomic mass is 35.5. The van der Waals surface area contributed by atoms with Gasteiger partial charge in [-0.2, -0.15) is 0 Å². The minimum atomic E-state index is 0.576. The largest absolute Gasteiger partial charge is 0.456 e. The van der Waals surface area contributed by atoms with E-state index in [1.165, 1.54) is 11.3 Å². The fraction of sp³-hybridized carbons (Fsp3) is 0.125. The number of hydrogen-bond donors (Lipinski definition) is 1. The Bertz CT molecular complexity index is 804. The lowest BCUT2D eigenvalue weighted by molar-refractivity contribution is 0.482. The summed E-state index contributed by atoms with van der Waals surface area (Å²) in [6, 6.07) is 9.27. The number of pyridine rings is 1. The molecule has 2 aromatic heterocycles. The molecule has 0 saturated heterocycles. The molecule has 112 valence electrons. The van der Waals surface area contributed by atoms with E-state index in [1.54, 1.807) is 12.3 Å². The molecule has 6 heteroatoms. The molecule has 0 fully saturated rings. The summed E-state index contributed by atoms with van der Waals surface area (Å²) < 4.78 is 5.84. The lowest BCUT2D eigenvalue weighted by Gasteiger charge is -2.09. The van der Waals surface area contributed by atoms with Gasteiger partial charge < -0.3 is 10.1 Å². The molecule has 3 rings (SSSR count). The molecule has 0 aliphatic heterocycles. The van der Waals surface area contributed by atoms with Crippen molar-refractivity contribution < 1.29 is 4.74 Å². The number of thiazole rings is 1. The van der Waals surface area contributed by atoms with E-state index in [0.717, 1.165) is 16.4 Å². The normalized spacial score (nSPS) is 10.5. The van der Waals surface area contributed by atoms with E-state index in [4.69, 9.17) is 16.3 Å². The molecule has 0 spiro atoms. The molecule has 1 aromatic carbocycles. The smallest absolute Gasteiger partial charge is 0.188 e. The van der Waals surface area contributed by atoms with Gasteiger partial charge in [0.05, 0.1) is 10.7 Å². The van der Waals surface area contributed by atoms with Crippen LogP contribution in [0.4, 0.5) is 10.9 Å². The first-order valence-corrected chi connectivity index (χ1v) is 7.95. The second-order valence-corrected chi connectivity index (χ2v) is 6.10. The molecule has 0 aliphatic rings. The van der Waals surface area contributed by atoms with Gasteiger partial charge in [0.2, 0.25) is 0 Å². The van der Waals surface area contributed by atoms with E-state index in [9.17, 15) is 0 Å². The average molecular weight is 332 g/mol. The fourth-order valence-electron chi connectivity index (χ4n) is 1.88. The molecular weight excluding hydrogens is 318 g/mol. The highest BCUT2D eigenvalue weighted by Gasteiger charge is 2.06. The molecule has 0 bridgehead atoms. The lowest BCUT2D eigenvalue weighted by Crippen LogP contribution is -1.94. The lowest BCUT2D eigenvalue weighted by atomic mass is 10.2. The van der Waals surface area contributed by atoms with E-state index in [2.05, 4.69) is 15.3 Å². The Kier molecular flexibility index (Phi) is 4.27. The molecule has 0 amide bonds. The summed E-state index contributed by atoms with van der Waals surface area (Å²) in [6.45, 7) is 3.95. The summed E-state index contributed by atoms with van der Waals surface area (Å²) in [5, 5.41) is 6.52. The van der Waals surface area contributed by atoms with Gasteiger partial charge in [-0.15, -0.1) is 11.3 Å². The van der Waals surface area contributed by atoms with Crippen molar-refractivity contribution in [3.63, 3.8) is 0 Å². The van der Waals surface area contributed by atoms with Crippen LogP contribution in [0, 0.1) is 13.8 Å². The highest BCUT2D eigenvalue weighted by Crippen LogP contribution is 2.31. The third-order valence-corrected chi connectivity index (χ3v) is 4.09. The number of anilines is 2. The monoisotopic (exact) mass is 331 g/mol. The topological polar surface area (TPSA) is 47.0 Å². The van der Waals surface area contributed by atoms with Crippen LogP contribution in [0.25, 0.3) is 0 Å². The van der Waals surface area contributed by atoms with E-state index >= 15 is 0 Å². The van der Waals surface area contributed by atoms with Crippen LogP contribution in [-0.4, -0.2) is 9.97 Å². The number of halogens is 1. The van der Waals surface area contributed by atoms with Crippen molar-refractivity contribution in [3.05, 3.63) is 58.2 Å². The Labute approximate surface area is 137 Å². The van der Waals surface area contributed by atoms with Gasteiger partial charge in [0, 0.05) is 17.6 Å². The first kappa shape index (κ1) is 14.8. The van der Waals surface area contributed by atoms with Crippen LogP contribution in [-0.2, 0) is 0 Å². The summed E-state index contributed by atoms with van der Waals surface area (Å²) in [6.07, 6.45) is 1.68. The fourth-order valence-corrected chi connectivity index (χ4v) is 2.73. The quantitative estimate of drug-likeness (QED) is 0.700. The van der Waals surface area contributed by atoms with Gasteiger partial charge in [0.25, 0.3) is 0 Å². The molecule has 0 atom stereocenters. The van der Waals surface area contributed by atoms with Crippen molar-refractivity contribution in [1.82, 2.24) is 9.97 Å². The summed E-state index contributed by atoms with van der Waals surface area (Å²) in [7, 11) is 0. The van der Waals surface area contributed by atoms with Gasteiger partial charge in [-0.1, -0.05) is 17.7 Å². The maximum absolute atomic E-state index is 6.15. The van der Waals surface area contributed by atoms with Gasteiger partial charge >= 0.3 is 0 Å². The molecule has 0 unspecified atom stereocenters. The third-order valence-electron chi connectivity index (χ3n) is 2.90. The number of nitrogens with zero attached hydrogens (tertiary/aromatic N) is 2. The standard InChI is InChI=1S/C16H14ClN3OS/c1-10-3-4-13(17)14(7-10)21-12-5-6-18-15(8-12)20-16-19-11(2)9-22-16/h3-9H,1-2H3,(H,18,19,20). The molecule has 0 saturated carbocycles. The Hall–Kier alpha value is -2.11. The molecule has 0 aliphatic carbocycles. The number of rotatable bonds is 4. The van der Waals surface area contributed by atoms with E-state index in [0.29, 0.717) is 22.3 Å². The third kappa shape index (κ3) is 3.55. The summed E-state index contributed by atoms with van der Waals surface area (Å²) in [5.74, 6) is 1.97. The van der Waals surface area contributed by atoms with Crippen molar-refractivity contribution in [3.8, 4) is 11.5 Å². The molecule has 2 heterocycles. The predicted molar refractivity (Wildman–Crippen MR) is 90.6 cm³/mol. The maximum Gasteiger partial charge on any atom is 0.188 e. The number of ether oxygens (including phenoxy) is 1. The zero-order chi connectivity index (χ0) is 15.5. The SMILES string of the molecule is Cc1ccc(Cl)c(Oc2ccnc(Nc3nc(C)cs3)c2)c1. The number of benzene rings is 1. The van der Waals surface area contributed by atoms with Crippen LogP contribution in [0.5, 0.6) is 11.5 Å². The Balaban J connectivity index is 1.80. The summed E-state index contributed by atoms with van der Waals surface area (Å²) in [5.41, 5.74) is 2.07. The zero-order valence-electron chi connectivity index (χ0n) is 12.1. The van der Waals surface area contributed by atoms with Gasteiger partial charge in [-0.25, -0.2) is 9.97 Å². The molecule has 3 aromatic rings. The van der Waals surface area contributed by atoms with Gasteiger partial charge in [-0.05, 0) is 37.6 Å². The van der Waals surface area contributed by atoms with Crippen molar-refractivity contribution in [2.45, 2.75) is 13.8 Å². The number of hydrogen-bond acceptors (Lipinski definition) is 5. The van der Waals surface area contributed by atoms with Crippen molar-refractivity contribution in [1.29, 1.82) is 0 Å². The average Bonchev–Trinajstić information content (AvgIpc) is 2.88. The number of aromatic nitrogens is 2. The highest BCUT2D eigenvalue weighted by molar-refractivity contribution is 7.13. The van der Waals surface area contributed by atoms with Crippen LogP contribution in [0.1, 0.15) is 11.3 Å². The Morgan fingerprint density at radius 2 is 2.05 bits per heavy atom. The van der Waals surface area contributed by atoms with Gasteiger partial charge in [0.15, 0.2) is 5.13 Å². The zero-order valence-corrected chi connectivity index (χ0v) is 13.7. The molecular formula is C16H14ClN3OS. The molecule has 0 radical (unpaired) electrons. The first-order chi connectivity index (χ1) is 10.6. The van der Waals surface area contributed by atoms with Crippen LogP contribution in [0.3, 0.4) is 0 Å². The van der Waals surface area contributed by atoms with Crippen molar-refractivity contribution in [2.75, 3.05) is 5.32 Å². The van der Waals surface area contributed by atoms with E-state index in [-0.39, 0.29) is 0 Å². The minimum absolute atomic E-state index is 0.576. The van der Waals surface area contributed by atoms with Crippen molar-refractivity contribution >= 4 is 33.9 Å². The summed E-state index contributed by atoms with van der Waals surface area (Å²) >= 11 is 7.69. The summed E-state index contributed by atoms with van der Waals surface area (Å²) in [4.78, 5) is 8.62. The second-order valence-electron chi connectivity index (χ2n) is 4.83. The number of nitrogens with one attached hydrogen (secondary N) is 1. The first-order valence-electron chi connectivity index (χ1n) is 6.69. The molecule has 1 N–H and O–H groups in total. The van der Waals surface area contributed by atoms with Gasteiger partial charge in [0.1, 0.15) is 17.3 Å².